The molecule has 85 heavy (non-hydrogen) atoms. The maximum atomic E-state index is 14.0. The van der Waals surface area contributed by atoms with Crippen LogP contribution in [-0.4, -0.2) is 90.9 Å². The fourth-order valence-electron chi connectivity index (χ4n) is 8.55. The van der Waals surface area contributed by atoms with Crippen molar-refractivity contribution in [2.24, 2.45) is 16.2 Å². The molecule has 6 aromatic rings. The quantitative estimate of drug-likeness (QED) is 0.0234. The van der Waals surface area contributed by atoms with Crippen LogP contribution >= 0.6 is 0 Å². The van der Waals surface area contributed by atoms with Gasteiger partial charge in [-0.15, -0.1) is 0 Å². The van der Waals surface area contributed by atoms with Crippen molar-refractivity contribution in [3.63, 3.8) is 0 Å². The van der Waals surface area contributed by atoms with E-state index in [4.69, 9.17) is 0 Å². The van der Waals surface area contributed by atoms with Crippen LogP contribution in [0.15, 0.2) is 146 Å². The number of urea groups is 1. The third-order valence-corrected chi connectivity index (χ3v) is 14.2. The minimum Gasteiger partial charge on any atom is -0.355 e. The van der Waals surface area contributed by atoms with Gasteiger partial charge in [0.15, 0.2) is 0 Å². The molecule has 0 bridgehead atoms. The van der Waals surface area contributed by atoms with Crippen molar-refractivity contribution in [2.75, 3.05) is 64.6 Å². The summed E-state index contributed by atoms with van der Waals surface area (Å²) in [5, 5.41) is 25.3. The van der Waals surface area contributed by atoms with Gasteiger partial charge in [-0.2, -0.15) is 0 Å². The maximum Gasteiger partial charge on any atom is 0.321 e. The first-order valence-electron chi connectivity index (χ1n) is 28.3. The number of nitrogens with one attached hydrogen (secondary N) is 9. The van der Waals surface area contributed by atoms with Crippen LogP contribution in [0.5, 0.6) is 0 Å². The van der Waals surface area contributed by atoms with E-state index >= 15 is 0 Å². The molecule has 0 aliphatic carbocycles. The van der Waals surface area contributed by atoms with Crippen LogP contribution in [0.25, 0.3) is 0 Å². The molecule has 0 saturated carbocycles. The van der Waals surface area contributed by atoms with Crippen LogP contribution in [0.2, 0.25) is 0 Å². The number of hydrogen-bond acceptors (Lipinski definition) is 9. The fraction of sp³-hybridized carbons (Fsp3) is 0.318. The van der Waals surface area contributed by atoms with Gasteiger partial charge in [-0.25, -0.2) is 4.79 Å². The number of hydrogen-bond donors (Lipinski definition) is 9. The summed E-state index contributed by atoms with van der Waals surface area (Å²) in [6.07, 6.45) is 2.53. The molecule has 6 aromatic carbocycles. The van der Waals surface area contributed by atoms with E-state index in [1.807, 2.05) is 104 Å². The average Bonchev–Trinajstić information content (AvgIpc) is 3.67. The minimum absolute atomic E-state index is 0.0249. The van der Waals surface area contributed by atoms with Gasteiger partial charge in [0.2, 0.25) is 47.3 Å². The fourth-order valence-corrected chi connectivity index (χ4v) is 8.55. The first kappa shape index (κ1) is 64.5. The second-order valence-electron chi connectivity index (χ2n) is 22.5. The predicted octanol–water partition coefficient (Wildman–Crippen LogP) is 9.26. The Balaban J connectivity index is 1.05. The Morgan fingerprint density at radius 2 is 0.541 bits per heavy atom. The van der Waals surface area contributed by atoms with E-state index in [9.17, 15) is 43.2 Å². The average molecular weight is 1160 g/mol. The van der Waals surface area contributed by atoms with E-state index < -0.39 is 51.8 Å². The lowest BCUT2D eigenvalue weighted by Gasteiger charge is -2.27. The van der Waals surface area contributed by atoms with Gasteiger partial charge in [-0.1, -0.05) is 79.7 Å². The molecule has 0 saturated heterocycles. The maximum absolute atomic E-state index is 14.0. The standard InChI is InChI=1S/C66H78N10O9/c1-10-35-67-57(79)64(4,5)60(82)72-53-27-19-49(20-28-53)42-50-21-33-56(34-22-50)75-63(85)76(38-36-68-58(80)65(6,7)61(83)73-54-29-15-47(16-30-54)40-45-11-23-51(24-12-45)70-43(2)77)39-37-69-59(81)66(8,9)62(84)74-55-31-17-48(18-32-55)41-46-13-25-52(26-14-46)71-44(3)78/h11-34H,10,35-42H2,1-9H3,(H,67,79)(H,68,80)(H,69,81)(H,70,77)(H,71,78)(H,72,82)(H,73,83)(H,74,84)(H,75,85). The third-order valence-electron chi connectivity index (χ3n) is 14.2. The van der Waals surface area contributed by atoms with Gasteiger partial charge in [0, 0.05) is 80.7 Å². The first-order chi connectivity index (χ1) is 40.3. The molecule has 0 aliphatic heterocycles. The summed E-state index contributed by atoms with van der Waals surface area (Å²) in [6.45, 7) is 14.3. The molecular formula is C66H78N10O9. The first-order valence-corrected chi connectivity index (χ1v) is 28.3. The second-order valence-corrected chi connectivity index (χ2v) is 22.5. The lowest BCUT2D eigenvalue weighted by Crippen LogP contribution is -2.50. The molecule has 0 unspecified atom stereocenters. The second kappa shape index (κ2) is 29.5. The molecule has 0 aromatic heterocycles. The zero-order valence-electron chi connectivity index (χ0n) is 49.8. The predicted molar refractivity (Wildman–Crippen MR) is 333 cm³/mol. The van der Waals surface area contributed by atoms with Crippen molar-refractivity contribution in [3.05, 3.63) is 179 Å². The van der Waals surface area contributed by atoms with Gasteiger partial charge in [-0.05, 0) is 173 Å². The molecule has 0 aliphatic rings. The summed E-state index contributed by atoms with van der Waals surface area (Å²) < 4.78 is 0. The number of carbonyl (C=O) groups is 9. The summed E-state index contributed by atoms with van der Waals surface area (Å²) in [6, 6.07) is 43.6. The summed E-state index contributed by atoms with van der Waals surface area (Å²) in [5.74, 6) is -3.33. The number of carbonyl (C=O) groups excluding carboxylic acids is 9. The highest BCUT2D eigenvalue weighted by atomic mass is 16.2. The van der Waals surface area contributed by atoms with Gasteiger partial charge in [0.1, 0.15) is 16.2 Å². The van der Waals surface area contributed by atoms with Crippen LogP contribution < -0.4 is 47.9 Å². The highest BCUT2D eigenvalue weighted by Crippen LogP contribution is 2.25. The van der Waals surface area contributed by atoms with E-state index in [0.717, 1.165) is 39.8 Å². The van der Waals surface area contributed by atoms with Crippen LogP contribution in [-0.2, 0) is 57.6 Å². The molecule has 0 atom stereocenters. The van der Waals surface area contributed by atoms with Gasteiger partial charge < -0.3 is 52.8 Å². The van der Waals surface area contributed by atoms with Crippen LogP contribution in [0.4, 0.5) is 38.9 Å². The summed E-state index contributed by atoms with van der Waals surface area (Å²) >= 11 is 0. The third kappa shape index (κ3) is 19.2. The Bertz CT molecular complexity index is 3180. The van der Waals surface area contributed by atoms with Gasteiger partial charge >= 0.3 is 6.03 Å². The van der Waals surface area contributed by atoms with E-state index in [-0.39, 0.29) is 43.9 Å². The topological polar surface area (TPSA) is 265 Å². The molecule has 446 valence electrons. The molecule has 9 N–H and O–H groups in total. The van der Waals surface area contributed by atoms with Crippen molar-refractivity contribution in [3.8, 4) is 0 Å². The molecule has 19 heteroatoms. The Labute approximate surface area is 497 Å². The Hall–Kier alpha value is -9.65. The molecule has 0 heterocycles. The van der Waals surface area contributed by atoms with Gasteiger partial charge in [-0.3, -0.25) is 38.4 Å². The Morgan fingerprint density at radius 1 is 0.318 bits per heavy atom. The monoisotopic (exact) mass is 1150 g/mol. The molecule has 0 spiro atoms. The van der Waals surface area contributed by atoms with Crippen LogP contribution in [0.1, 0.15) is 102 Å². The minimum atomic E-state index is -1.53. The summed E-state index contributed by atoms with van der Waals surface area (Å²) in [5.41, 5.74) is 5.02. The number of benzene rings is 6. The van der Waals surface area contributed by atoms with Crippen LogP contribution in [0, 0.1) is 16.2 Å². The molecule has 0 fully saturated rings. The van der Waals surface area contributed by atoms with E-state index in [1.54, 1.807) is 62.4 Å². The van der Waals surface area contributed by atoms with Gasteiger partial charge in [0.25, 0.3) is 0 Å². The summed E-state index contributed by atoms with van der Waals surface area (Å²) in [4.78, 5) is 118. The Morgan fingerprint density at radius 3 is 0.776 bits per heavy atom. The van der Waals surface area contributed by atoms with Gasteiger partial charge in [0.05, 0.1) is 0 Å². The van der Waals surface area contributed by atoms with E-state index in [0.29, 0.717) is 59.9 Å². The number of rotatable bonds is 26. The van der Waals surface area contributed by atoms with Crippen molar-refractivity contribution in [2.45, 2.75) is 88.0 Å². The smallest absolute Gasteiger partial charge is 0.321 e. The largest absolute Gasteiger partial charge is 0.355 e. The zero-order chi connectivity index (χ0) is 61.9. The van der Waals surface area contributed by atoms with E-state index in [1.165, 1.54) is 46.4 Å². The van der Waals surface area contributed by atoms with Crippen molar-refractivity contribution < 1.29 is 43.2 Å². The highest BCUT2D eigenvalue weighted by molar-refractivity contribution is 6.11. The zero-order valence-corrected chi connectivity index (χ0v) is 49.8. The van der Waals surface area contributed by atoms with Crippen molar-refractivity contribution >= 4 is 87.4 Å². The highest BCUT2D eigenvalue weighted by Gasteiger charge is 2.38. The lowest BCUT2D eigenvalue weighted by atomic mass is 9.91. The Kier molecular flexibility index (Phi) is 22.4. The SMILES string of the molecule is CCCNC(=O)C(C)(C)C(=O)Nc1ccc(Cc2ccc(NC(=O)N(CCNC(=O)C(C)(C)C(=O)Nc3ccc(Cc4ccc(NC(C)=O)cc4)cc3)CCNC(=O)C(C)(C)C(=O)Nc3ccc(Cc4ccc(NC(C)=O)cc4)cc3)cc2)cc1. The normalized spacial score (nSPS) is 11.3. The van der Waals surface area contributed by atoms with Crippen LogP contribution in [0.3, 0.4) is 0 Å². The lowest BCUT2D eigenvalue weighted by molar-refractivity contribution is -0.139. The number of anilines is 6. The number of nitrogens with zero attached hydrogens (tertiary/aromatic N) is 1. The van der Waals surface area contributed by atoms with Crippen molar-refractivity contribution in [1.82, 2.24) is 20.9 Å². The van der Waals surface area contributed by atoms with Crippen molar-refractivity contribution in [1.29, 1.82) is 0 Å². The molecule has 6 rings (SSSR count). The molecule has 0 radical (unpaired) electrons. The van der Waals surface area contributed by atoms with E-state index in [2.05, 4.69) is 47.9 Å². The number of amides is 10. The molecule has 10 amide bonds. The summed E-state index contributed by atoms with van der Waals surface area (Å²) in [7, 11) is 0. The molecular weight excluding hydrogens is 1080 g/mol. The molecule has 19 nitrogen and oxygen atoms in total.